The third-order valence-corrected chi connectivity index (χ3v) is 2.48. The van der Waals surface area contributed by atoms with Crippen molar-refractivity contribution in [3.05, 3.63) is 29.8 Å². The van der Waals surface area contributed by atoms with E-state index >= 15 is 0 Å². The topological polar surface area (TPSA) is 59.6 Å². The van der Waals surface area contributed by atoms with Crippen molar-refractivity contribution in [1.29, 1.82) is 0 Å². The molecule has 0 heterocycles. The smallest absolute Gasteiger partial charge is 0.250 e. The van der Waals surface area contributed by atoms with Gasteiger partial charge in [0.05, 0.1) is 13.2 Å². The van der Waals surface area contributed by atoms with Crippen LogP contribution in [0, 0.1) is 0 Å². The molecule has 1 amide bonds. The summed E-state index contributed by atoms with van der Waals surface area (Å²) in [5, 5.41) is 6.02. The van der Waals surface area contributed by atoms with E-state index in [0.717, 1.165) is 18.8 Å². The molecule has 1 aromatic rings. The second-order valence-electron chi connectivity index (χ2n) is 4.07. The number of rotatable bonds is 9. The number of benzene rings is 1. The van der Waals surface area contributed by atoms with Crippen LogP contribution in [-0.4, -0.2) is 39.4 Å². The minimum absolute atomic E-state index is 0.0441. The lowest BCUT2D eigenvalue weighted by Gasteiger charge is -2.07. The molecular formula is C14H22N2O3. The summed E-state index contributed by atoms with van der Waals surface area (Å²) < 4.78 is 9.96. The van der Waals surface area contributed by atoms with E-state index < -0.39 is 0 Å². The number of nitrogens with one attached hydrogen (secondary N) is 2. The molecule has 0 radical (unpaired) electrons. The van der Waals surface area contributed by atoms with Crippen molar-refractivity contribution in [3.8, 4) is 0 Å². The van der Waals surface area contributed by atoms with E-state index in [1.54, 1.807) is 7.11 Å². The number of ether oxygens (including phenoxy) is 2. The fraction of sp³-hybridized carbons (Fsp3) is 0.500. The van der Waals surface area contributed by atoms with Gasteiger partial charge in [-0.05, 0) is 24.2 Å². The molecule has 0 atom stereocenters. The van der Waals surface area contributed by atoms with E-state index in [1.165, 1.54) is 5.56 Å². The minimum Gasteiger partial charge on any atom is -0.382 e. The Morgan fingerprint density at radius 1 is 1.21 bits per heavy atom. The van der Waals surface area contributed by atoms with Gasteiger partial charge in [-0.25, -0.2) is 0 Å². The quantitative estimate of drug-likeness (QED) is 0.663. The van der Waals surface area contributed by atoms with Gasteiger partial charge in [0.25, 0.3) is 0 Å². The predicted octanol–water partition coefficient (Wildman–Crippen LogP) is 1.40. The van der Waals surface area contributed by atoms with E-state index in [4.69, 9.17) is 9.47 Å². The van der Waals surface area contributed by atoms with Crippen molar-refractivity contribution in [2.75, 3.05) is 38.8 Å². The van der Waals surface area contributed by atoms with Gasteiger partial charge in [0.15, 0.2) is 0 Å². The second kappa shape index (κ2) is 9.49. The molecular weight excluding hydrogens is 244 g/mol. The van der Waals surface area contributed by atoms with Crippen LogP contribution in [-0.2, 0) is 20.8 Å². The zero-order chi connectivity index (χ0) is 13.9. The zero-order valence-corrected chi connectivity index (χ0v) is 11.6. The standard InChI is InChI=1S/C14H22N2O3/c1-3-15-10-12-4-6-13(7-5-12)16-14(17)11-19-9-8-18-2/h4-7,15H,3,8-11H2,1-2H3,(H,16,17). The summed E-state index contributed by atoms with van der Waals surface area (Å²) in [6.45, 7) is 4.81. The van der Waals surface area contributed by atoms with Gasteiger partial charge in [0.1, 0.15) is 6.61 Å². The van der Waals surface area contributed by atoms with Gasteiger partial charge in [0.2, 0.25) is 5.91 Å². The maximum Gasteiger partial charge on any atom is 0.250 e. The number of methoxy groups -OCH3 is 1. The molecule has 1 rings (SSSR count). The maximum absolute atomic E-state index is 11.5. The van der Waals surface area contributed by atoms with Gasteiger partial charge in [-0.15, -0.1) is 0 Å². The van der Waals surface area contributed by atoms with Crippen molar-refractivity contribution >= 4 is 11.6 Å². The van der Waals surface area contributed by atoms with E-state index in [0.29, 0.717) is 13.2 Å². The minimum atomic E-state index is -0.157. The maximum atomic E-state index is 11.5. The number of carbonyl (C=O) groups is 1. The monoisotopic (exact) mass is 266 g/mol. The number of carbonyl (C=O) groups excluding carboxylic acids is 1. The van der Waals surface area contributed by atoms with Crippen LogP contribution in [0.25, 0.3) is 0 Å². The summed E-state index contributed by atoms with van der Waals surface area (Å²) >= 11 is 0. The summed E-state index contributed by atoms with van der Waals surface area (Å²) in [6, 6.07) is 7.76. The Bertz CT molecular complexity index is 365. The van der Waals surface area contributed by atoms with Crippen molar-refractivity contribution in [1.82, 2.24) is 5.32 Å². The Hall–Kier alpha value is -1.43. The number of anilines is 1. The average molecular weight is 266 g/mol. The SMILES string of the molecule is CCNCc1ccc(NC(=O)COCCOC)cc1. The van der Waals surface area contributed by atoms with Crippen LogP contribution >= 0.6 is 0 Å². The van der Waals surface area contributed by atoms with Crippen LogP contribution < -0.4 is 10.6 Å². The number of hydrogen-bond donors (Lipinski definition) is 2. The molecule has 5 nitrogen and oxygen atoms in total. The van der Waals surface area contributed by atoms with Gasteiger partial charge in [-0.3, -0.25) is 4.79 Å². The van der Waals surface area contributed by atoms with E-state index in [1.807, 2.05) is 24.3 Å². The highest BCUT2D eigenvalue weighted by Gasteiger charge is 2.02. The first kappa shape index (κ1) is 15.6. The third kappa shape index (κ3) is 6.91. The Kier molecular flexibility index (Phi) is 7.81. The Labute approximate surface area is 114 Å². The van der Waals surface area contributed by atoms with Crippen molar-refractivity contribution < 1.29 is 14.3 Å². The van der Waals surface area contributed by atoms with E-state index in [-0.39, 0.29) is 12.5 Å². The molecule has 0 aliphatic heterocycles. The highest BCUT2D eigenvalue weighted by molar-refractivity contribution is 5.91. The number of hydrogen-bond acceptors (Lipinski definition) is 4. The third-order valence-electron chi connectivity index (χ3n) is 2.48. The van der Waals surface area contributed by atoms with Crippen LogP contribution in [0.2, 0.25) is 0 Å². The summed E-state index contributed by atoms with van der Waals surface area (Å²) in [5.41, 5.74) is 1.97. The lowest BCUT2D eigenvalue weighted by atomic mass is 10.2. The van der Waals surface area contributed by atoms with Crippen LogP contribution in [0.5, 0.6) is 0 Å². The van der Waals surface area contributed by atoms with Crippen LogP contribution in [0.15, 0.2) is 24.3 Å². The summed E-state index contributed by atoms with van der Waals surface area (Å²) in [6.07, 6.45) is 0. The molecule has 0 unspecified atom stereocenters. The molecule has 0 aliphatic carbocycles. The number of amides is 1. The molecule has 0 bridgehead atoms. The first-order valence-electron chi connectivity index (χ1n) is 6.42. The molecule has 106 valence electrons. The second-order valence-corrected chi connectivity index (χ2v) is 4.07. The lowest BCUT2D eigenvalue weighted by molar-refractivity contribution is -0.121. The van der Waals surface area contributed by atoms with Crippen LogP contribution in [0.1, 0.15) is 12.5 Å². The van der Waals surface area contributed by atoms with E-state index in [9.17, 15) is 4.79 Å². The molecule has 5 heteroatoms. The first-order valence-corrected chi connectivity index (χ1v) is 6.42. The molecule has 0 saturated heterocycles. The average Bonchev–Trinajstić information content (AvgIpc) is 2.43. The Morgan fingerprint density at radius 2 is 1.95 bits per heavy atom. The van der Waals surface area contributed by atoms with Gasteiger partial charge < -0.3 is 20.1 Å². The molecule has 2 N–H and O–H groups in total. The largest absolute Gasteiger partial charge is 0.382 e. The van der Waals surface area contributed by atoms with E-state index in [2.05, 4.69) is 17.6 Å². The summed E-state index contributed by atoms with van der Waals surface area (Å²) in [4.78, 5) is 11.5. The van der Waals surface area contributed by atoms with Gasteiger partial charge in [-0.2, -0.15) is 0 Å². The molecule has 0 fully saturated rings. The van der Waals surface area contributed by atoms with Gasteiger partial charge >= 0.3 is 0 Å². The zero-order valence-electron chi connectivity index (χ0n) is 11.6. The highest BCUT2D eigenvalue weighted by Crippen LogP contribution is 2.09. The first-order chi connectivity index (χ1) is 9.26. The Morgan fingerprint density at radius 3 is 2.58 bits per heavy atom. The van der Waals surface area contributed by atoms with Crippen molar-refractivity contribution in [3.63, 3.8) is 0 Å². The highest BCUT2D eigenvalue weighted by atomic mass is 16.5. The van der Waals surface area contributed by atoms with Crippen molar-refractivity contribution in [2.24, 2.45) is 0 Å². The molecule has 19 heavy (non-hydrogen) atoms. The predicted molar refractivity (Wildman–Crippen MR) is 75.1 cm³/mol. The van der Waals surface area contributed by atoms with Crippen LogP contribution in [0.4, 0.5) is 5.69 Å². The molecule has 0 aromatic heterocycles. The fourth-order valence-electron chi connectivity index (χ4n) is 1.48. The molecule has 0 saturated carbocycles. The Balaban J connectivity index is 2.29. The molecule has 0 aliphatic rings. The molecule has 1 aromatic carbocycles. The van der Waals surface area contributed by atoms with Crippen molar-refractivity contribution in [2.45, 2.75) is 13.5 Å². The van der Waals surface area contributed by atoms with Gasteiger partial charge in [-0.1, -0.05) is 19.1 Å². The van der Waals surface area contributed by atoms with Crippen LogP contribution in [0.3, 0.4) is 0 Å². The fourth-order valence-corrected chi connectivity index (χ4v) is 1.48. The lowest BCUT2D eigenvalue weighted by Crippen LogP contribution is -2.19. The molecule has 0 spiro atoms. The van der Waals surface area contributed by atoms with Gasteiger partial charge in [0, 0.05) is 19.3 Å². The summed E-state index contributed by atoms with van der Waals surface area (Å²) in [5.74, 6) is -0.157. The normalized spacial score (nSPS) is 10.4. The summed E-state index contributed by atoms with van der Waals surface area (Å²) in [7, 11) is 1.60.